The van der Waals surface area contributed by atoms with Gasteiger partial charge in [-0.1, -0.05) is 11.6 Å². The molecule has 0 aliphatic rings. The van der Waals surface area contributed by atoms with Gasteiger partial charge in [-0.3, -0.25) is 0 Å². The maximum absolute atomic E-state index is 5.84. The zero-order valence-electron chi connectivity index (χ0n) is 8.90. The predicted molar refractivity (Wildman–Crippen MR) is 69.0 cm³/mol. The summed E-state index contributed by atoms with van der Waals surface area (Å²) in [6, 6.07) is 1.80. The summed E-state index contributed by atoms with van der Waals surface area (Å²) in [6.45, 7) is 0. The highest BCUT2D eigenvalue weighted by Crippen LogP contribution is 2.19. The van der Waals surface area contributed by atoms with Crippen molar-refractivity contribution in [3.63, 3.8) is 0 Å². The number of hydrogen-bond acceptors (Lipinski definition) is 4. The van der Waals surface area contributed by atoms with Crippen molar-refractivity contribution < 1.29 is 0 Å². The molecule has 3 rings (SSSR count). The number of rotatable bonds is 2. The van der Waals surface area contributed by atoms with E-state index in [-0.39, 0.29) is 0 Å². The summed E-state index contributed by atoms with van der Waals surface area (Å²) >= 11 is 9.22. The Hall–Kier alpha value is -1.73. The lowest BCUT2D eigenvalue weighted by molar-refractivity contribution is 0.770. The maximum Gasteiger partial charge on any atom is 0.252 e. The third kappa shape index (κ3) is 2.02. The fourth-order valence-corrected chi connectivity index (χ4v) is 1.93. The average Bonchev–Trinajstić information content (AvgIpc) is 3.01. The Morgan fingerprint density at radius 1 is 1.17 bits per heavy atom. The Labute approximate surface area is 115 Å². The molecule has 3 heterocycles. The number of aromatic nitrogens is 6. The number of hydrogen-bond donors (Lipinski definition) is 0. The molecule has 0 aromatic carbocycles. The first kappa shape index (κ1) is 11.4. The van der Waals surface area contributed by atoms with Gasteiger partial charge in [0, 0.05) is 18.6 Å². The Morgan fingerprint density at radius 3 is 2.72 bits per heavy atom. The molecule has 0 saturated heterocycles. The van der Waals surface area contributed by atoms with Crippen molar-refractivity contribution in [2.24, 2.45) is 0 Å². The molecule has 0 amide bonds. The molecule has 0 atom stereocenters. The third-order valence-electron chi connectivity index (χ3n) is 2.19. The summed E-state index contributed by atoms with van der Waals surface area (Å²) in [7, 11) is 0. The lowest BCUT2D eigenvalue weighted by Crippen LogP contribution is -2.07. The molecule has 0 N–H and O–H groups in total. The van der Waals surface area contributed by atoms with E-state index in [0.29, 0.717) is 16.8 Å². The van der Waals surface area contributed by atoms with Gasteiger partial charge in [-0.15, -0.1) is 0 Å². The van der Waals surface area contributed by atoms with Gasteiger partial charge >= 0.3 is 0 Å². The van der Waals surface area contributed by atoms with Crippen molar-refractivity contribution in [2.45, 2.75) is 0 Å². The van der Waals surface area contributed by atoms with Crippen molar-refractivity contribution in [3.05, 3.63) is 46.5 Å². The lowest BCUT2D eigenvalue weighted by Gasteiger charge is -2.05. The van der Waals surface area contributed by atoms with Gasteiger partial charge in [0.25, 0.3) is 5.95 Å². The van der Waals surface area contributed by atoms with E-state index in [4.69, 9.17) is 11.6 Å². The second-order valence-corrected chi connectivity index (χ2v) is 4.69. The van der Waals surface area contributed by atoms with E-state index in [1.165, 1.54) is 0 Å². The molecule has 3 aromatic rings. The van der Waals surface area contributed by atoms with Gasteiger partial charge in [0.05, 0.1) is 21.9 Å². The normalized spacial score (nSPS) is 10.8. The minimum absolute atomic E-state index is 0.463. The van der Waals surface area contributed by atoms with Crippen LogP contribution in [-0.2, 0) is 0 Å². The molecule has 0 aliphatic carbocycles. The van der Waals surface area contributed by atoms with Crippen molar-refractivity contribution in [1.82, 2.24) is 29.5 Å². The molecular weight excluding hydrogens is 320 g/mol. The lowest BCUT2D eigenvalue weighted by atomic mass is 10.6. The van der Waals surface area contributed by atoms with Crippen LogP contribution in [-0.4, -0.2) is 29.5 Å². The van der Waals surface area contributed by atoms with E-state index < -0.39 is 0 Å². The molecule has 8 heteroatoms. The fraction of sp³-hybridized carbons (Fsp3) is 0. The van der Waals surface area contributed by atoms with E-state index in [9.17, 15) is 0 Å². The molecule has 0 bridgehead atoms. The summed E-state index contributed by atoms with van der Waals surface area (Å²) < 4.78 is 3.86. The number of halogens is 2. The van der Waals surface area contributed by atoms with Crippen molar-refractivity contribution in [1.29, 1.82) is 0 Å². The van der Waals surface area contributed by atoms with Gasteiger partial charge in [0.15, 0.2) is 5.82 Å². The first-order valence-corrected chi connectivity index (χ1v) is 6.14. The van der Waals surface area contributed by atoms with Crippen molar-refractivity contribution in [3.8, 4) is 11.8 Å². The SMILES string of the molecule is Clc1cnn(-c2nc(-n3cccn3)ncc2Br)c1. The second kappa shape index (κ2) is 4.51. The van der Waals surface area contributed by atoms with Gasteiger partial charge in [-0.05, 0) is 22.0 Å². The Morgan fingerprint density at radius 2 is 2.06 bits per heavy atom. The van der Waals surface area contributed by atoms with E-state index in [2.05, 4.69) is 36.1 Å². The first-order valence-electron chi connectivity index (χ1n) is 4.97. The minimum Gasteiger partial charge on any atom is -0.220 e. The van der Waals surface area contributed by atoms with Crippen LogP contribution in [0.2, 0.25) is 5.02 Å². The molecule has 18 heavy (non-hydrogen) atoms. The van der Waals surface area contributed by atoms with Crippen LogP contribution in [0.5, 0.6) is 0 Å². The predicted octanol–water partition coefficient (Wildman–Crippen LogP) is 2.26. The molecule has 0 saturated carbocycles. The van der Waals surface area contributed by atoms with Gasteiger partial charge in [-0.25, -0.2) is 14.3 Å². The van der Waals surface area contributed by atoms with E-state index in [1.807, 2.05) is 0 Å². The first-order chi connectivity index (χ1) is 8.74. The molecule has 0 radical (unpaired) electrons. The zero-order chi connectivity index (χ0) is 12.5. The molecular formula is C10H6BrClN6. The van der Waals surface area contributed by atoms with Crippen molar-refractivity contribution in [2.75, 3.05) is 0 Å². The van der Waals surface area contributed by atoms with Crippen LogP contribution in [0.1, 0.15) is 0 Å². The topological polar surface area (TPSA) is 61.4 Å². The van der Waals surface area contributed by atoms with Crippen LogP contribution < -0.4 is 0 Å². The Kier molecular flexibility index (Phi) is 2.85. The van der Waals surface area contributed by atoms with E-state index in [1.54, 1.807) is 46.4 Å². The quantitative estimate of drug-likeness (QED) is 0.725. The summed E-state index contributed by atoms with van der Waals surface area (Å²) in [5.41, 5.74) is 0. The molecule has 6 nitrogen and oxygen atoms in total. The summed E-state index contributed by atoms with van der Waals surface area (Å²) in [5.74, 6) is 1.06. The molecule has 90 valence electrons. The number of nitrogens with zero attached hydrogens (tertiary/aromatic N) is 6. The van der Waals surface area contributed by atoms with E-state index in [0.717, 1.165) is 4.47 Å². The van der Waals surface area contributed by atoms with Gasteiger partial charge < -0.3 is 0 Å². The Balaban J connectivity index is 2.12. The largest absolute Gasteiger partial charge is 0.252 e. The molecule has 3 aromatic heterocycles. The highest BCUT2D eigenvalue weighted by molar-refractivity contribution is 9.10. The monoisotopic (exact) mass is 324 g/mol. The van der Waals surface area contributed by atoms with Crippen LogP contribution in [0.3, 0.4) is 0 Å². The molecule has 0 fully saturated rings. The smallest absolute Gasteiger partial charge is 0.220 e. The van der Waals surface area contributed by atoms with Crippen molar-refractivity contribution >= 4 is 27.5 Å². The zero-order valence-corrected chi connectivity index (χ0v) is 11.2. The van der Waals surface area contributed by atoms with Gasteiger partial charge in [-0.2, -0.15) is 15.2 Å². The Bertz CT molecular complexity index is 678. The third-order valence-corrected chi connectivity index (χ3v) is 2.94. The van der Waals surface area contributed by atoms with E-state index >= 15 is 0 Å². The van der Waals surface area contributed by atoms with Gasteiger partial charge in [0.1, 0.15) is 0 Å². The van der Waals surface area contributed by atoms with Crippen LogP contribution >= 0.6 is 27.5 Å². The minimum atomic E-state index is 0.463. The highest BCUT2D eigenvalue weighted by Gasteiger charge is 2.09. The molecule has 0 aliphatic heterocycles. The highest BCUT2D eigenvalue weighted by atomic mass is 79.9. The standard InChI is InChI=1S/C10H6BrClN6/c11-8-5-13-10(17-3-1-2-14-17)16-9(8)18-6-7(12)4-15-18/h1-6H. The maximum atomic E-state index is 5.84. The fourth-order valence-electron chi connectivity index (χ4n) is 1.42. The second-order valence-electron chi connectivity index (χ2n) is 3.40. The molecule has 0 spiro atoms. The summed E-state index contributed by atoms with van der Waals surface area (Å²) in [4.78, 5) is 8.56. The average molecular weight is 326 g/mol. The summed E-state index contributed by atoms with van der Waals surface area (Å²) in [6.07, 6.45) is 8.29. The molecule has 0 unspecified atom stereocenters. The summed E-state index contributed by atoms with van der Waals surface area (Å²) in [5, 5.41) is 8.72. The van der Waals surface area contributed by atoms with Crippen LogP contribution in [0.15, 0.2) is 41.5 Å². The van der Waals surface area contributed by atoms with Crippen LogP contribution in [0.25, 0.3) is 11.8 Å². The van der Waals surface area contributed by atoms with Crippen LogP contribution in [0, 0.1) is 0 Å². The van der Waals surface area contributed by atoms with Gasteiger partial charge in [0.2, 0.25) is 0 Å². The van der Waals surface area contributed by atoms with Crippen LogP contribution in [0.4, 0.5) is 0 Å².